The average Bonchev–Trinajstić information content (AvgIpc) is 2.66. The normalized spacial score (nSPS) is 12.3. The number of ketones is 1. The van der Waals surface area contributed by atoms with Gasteiger partial charge < -0.3 is 9.64 Å². The fraction of sp³-hybridized carbons (Fsp3) is 0.333. The molecular formula is C21H24N2O2. The third-order valence-corrected chi connectivity index (χ3v) is 4.37. The molecule has 0 unspecified atom stereocenters. The Balaban J connectivity index is 1.76. The summed E-state index contributed by atoms with van der Waals surface area (Å²) in [6.07, 6.45) is 5.08. The van der Waals surface area contributed by atoms with Crippen LogP contribution in [0, 0.1) is 0 Å². The van der Waals surface area contributed by atoms with Gasteiger partial charge in [0.05, 0.1) is 29.8 Å². The number of carbonyl (C=O) groups excluding carboxylic acids is 1. The molecule has 0 radical (unpaired) electrons. The maximum atomic E-state index is 12.2. The van der Waals surface area contributed by atoms with Crippen molar-refractivity contribution < 1.29 is 9.53 Å². The van der Waals surface area contributed by atoms with E-state index in [0.29, 0.717) is 23.4 Å². The van der Waals surface area contributed by atoms with Gasteiger partial charge >= 0.3 is 0 Å². The number of hydrogen-bond acceptors (Lipinski definition) is 3. The number of anilines is 1. The van der Waals surface area contributed by atoms with Crippen molar-refractivity contribution in [3.05, 3.63) is 53.6 Å². The number of rotatable bonds is 9. The van der Waals surface area contributed by atoms with Crippen LogP contribution in [0.5, 0.6) is 5.75 Å². The molecule has 130 valence electrons. The van der Waals surface area contributed by atoms with Crippen molar-refractivity contribution in [2.45, 2.75) is 33.1 Å². The Kier molecular flexibility index (Phi) is 5.49. The van der Waals surface area contributed by atoms with Crippen LogP contribution in [0.2, 0.25) is 0 Å². The second-order valence-corrected chi connectivity index (χ2v) is 6.09. The van der Waals surface area contributed by atoms with Gasteiger partial charge in [-0.3, -0.25) is 4.79 Å². The van der Waals surface area contributed by atoms with Gasteiger partial charge in [-0.15, -0.1) is 0 Å². The lowest BCUT2D eigenvalue weighted by Crippen LogP contribution is -2.21. The second-order valence-electron chi connectivity index (χ2n) is 6.09. The molecule has 0 heterocycles. The van der Waals surface area contributed by atoms with E-state index in [0.717, 1.165) is 37.2 Å². The highest BCUT2D eigenvalue weighted by molar-refractivity contribution is 6.24. The van der Waals surface area contributed by atoms with E-state index in [2.05, 4.69) is 18.8 Å². The molecule has 2 aromatic carbocycles. The molecule has 0 saturated carbocycles. The molecule has 4 nitrogen and oxygen atoms in total. The number of aliphatic imine (C=N–C) groups is 1. The number of fused-ring (bicyclic) bond motifs is 2. The van der Waals surface area contributed by atoms with Gasteiger partial charge in [0.25, 0.3) is 0 Å². The summed E-state index contributed by atoms with van der Waals surface area (Å²) in [6, 6.07) is 13.8. The number of carbonyl (C=O) groups is 1. The molecule has 0 aromatic heterocycles. The topological polar surface area (TPSA) is 41.9 Å². The molecule has 2 bridgehead atoms. The van der Waals surface area contributed by atoms with E-state index >= 15 is 0 Å². The summed E-state index contributed by atoms with van der Waals surface area (Å²) in [4.78, 5) is 18.8. The second kappa shape index (κ2) is 7.97. The van der Waals surface area contributed by atoms with Gasteiger partial charge in [-0.1, -0.05) is 38.0 Å². The van der Waals surface area contributed by atoms with E-state index in [1.54, 1.807) is 6.34 Å². The Morgan fingerprint density at radius 3 is 2.56 bits per heavy atom. The Morgan fingerprint density at radius 2 is 1.88 bits per heavy atom. The van der Waals surface area contributed by atoms with Gasteiger partial charge in [-0.05, 0) is 37.6 Å². The summed E-state index contributed by atoms with van der Waals surface area (Å²) in [5, 5.41) is 0. The third kappa shape index (κ3) is 3.58. The van der Waals surface area contributed by atoms with Crippen LogP contribution in [0.3, 0.4) is 0 Å². The minimum atomic E-state index is 0.0444. The van der Waals surface area contributed by atoms with Crippen LogP contribution < -0.4 is 9.64 Å². The standard InChI is InChI=1S/C21H24N2O2/c1-3-5-9-14-25-21-17-12-13-18(19(21)20(17)24)22-15-23(4-2)16-10-7-6-8-11-16/h6-8,10-13,15H,3-5,9,14H2,1-2H3. The molecular weight excluding hydrogens is 312 g/mol. The summed E-state index contributed by atoms with van der Waals surface area (Å²) in [7, 11) is 0. The van der Waals surface area contributed by atoms with Gasteiger partial charge in [0.2, 0.25) is 5.78 Å². The number of ether oxygens (including phenoxy) is 1. The minimum absolute atomic E-state index is 0.0444. The van der Waals surface area contributed by atoms with Gasteiger partial charge in [0.1, 0.15) is 5.75 Å². The molecule has 0 fully saturated rings. The molecule has 2 aromatic rings. The summed E-state index contributed by atoms with van der Waals surface area (Å²) in [5.41, 5.74) is 3.06. The van der Waals surface area contributed by atoms with Gasteiger partial charge in [-0.25, -0.2) is 4.99 Å². The van der Waals surface area contributed by atoms with Gasteiger partial charge in [0.15, 0.2) is 0 Å². The maximum Gasteiger partial charge on any atom is 0.202 e. The first kappa shape index (κ1) is 17.2. The Hall–Kier alpha value is -2.62. The van der Waals surface area contributed by atoms with E-state index in [1.807, 2.05) is 47.4 Å². The number of nitrogens with zero attached hydrogens (tertiary/aromatic N) is 2. The van der Waals surface area contributed by atoms with Gasteiger partial charge in [0, 0.05) is 12.2 Å². The molecule has 0 N–H and O–H groups in total. The number of hydrogen-bond donors (Lipinski definition) is 0. The SMILES string of the molecule is CCCCCOc1c2ccc(N=CN(CC)c3ccccc3)c1C2=O. The number of unbranched alkanes of at least 4 members (excludes halogenated alkanes) is 2. The van der Waals surface area contributed by atoms with Crippen LogP contribution in [0.1, 0.15) is 49.0 Å². The quantitative estimate of drug-likeness (QED) is 0.314. The molecule has 2 aliphatic rings. The van der Waals surface area contributed by atoms with Crippen LogP contribution in [-0.2, 0) is 0 Å². The first-order chi connectivity index (χ1) is 12.3. The van der Waals surface area contributed by atoms with Crippen LogP contribution in [0.4, 0.5) is 11.4 Å². The zero-order chi connectivity index (χ0) is 17.6. The fourth-order valence-corrected chi connectivity index (χ4v) is 2.91. The highest BCUT2D eigenvalue weighted by Crippen LogP contribution is 2.43. The van der Waals surface area contributed by atoms with E-state index in [4.69, 9.17) is 4.74 Å². The van der Waals surface area contributed by atoms with E-state index < -0.39 is 0 Å². The van der Waals surface area contributed by atoms with Crippen molar-refractivity contribution in [2.75, 3.05) is 18.1 Å². The van der Waals surface area contributed by atoms with Crippen molar-refractivity contribution >= 4 is 23.5 Å². The average molecular weight is 336 g/mol. The lowest BCUT2D eigenvalue weighted by Gasteiger charge is -2.24. The molecule has 25 heavy (non-hydrogen) atoms. The highest BCUT2D eigenvalue weighted by atomic mass is 16.5. The largest absolute Gasteiger partial charge is 0.492 e. The summed E-state index contributed by atoms with van der Waals surface area (Å²) >= 11 is 0. The van der Waals surface area contributed by atoms with Crippen molar-refractivity contribution in [3.63, 3.8) is 0 Å². The molecule has 0 atom stereocenters. The fourth-order valence-electron chi connectivity index (χ4n) is 2.91. The summed E-state index contributed by atoms with van der Waals surface area (Å²) < 4.78 is 5.83. The Bertz CT molecular complexity index is 769. The van der Waals surface area contributed by atoms with E-state index in [-0.39, 0.29) is 5.78 Å². The van der Waals surface area contributed by atoms with E-state index in [9.17, 15) is 4.79 Å². The molecule has 0 amide bonds. The predicted molar refractivity (Wildman–Crippen MR) is 103 cm³/mol. The van der Waals surface area contributed by atoms with Crippen molar-refractivity contribution in [1.29, 1.82) is 0 Å². The van der Waals surface area contributed by atoms with Crippen molar-refractivity contribution in [1.82, 2.24) is 0 Å². The van der Waals surface area contributed by atoms with E-state index in [1.165, 1.54) is 0 Å². The van der Waals surface area contributed by atoms with Crippen molar-refractivity contribution in [2.24, 2.45) is 4.99 Å². The molecule has 0 saturated heterocycles. The lowest BCUT2D eigenvalue weighted by molar-refractivity contribution is 0.100. The lowest BCUT2D eigenvalue weighted by atomic mass is 9.87. The molecule has 0 spiro atoms. The maximum absolute atomic E-state index is 12.2. The van der Waals surface area contributed by atoms with Crippen LogP contribution in [0.25, 0.3) is 0 Å². The third-order valence-electron chi connectivity index (χ3n) is 4.37. The summed E-state index contributed by atoms with van der Waals surface area (Å²) in [6.45, 7) is 5.69. The molecule has 4 rings (SSSR count). The Labute approximate surface area is 149 Å². The van der Waals surface area contributed by atoms with Crippen LogP contribution in [0.15, 0.2) is 47.5 Å². The van der Waals surface area contributed by atoms with Crippen LogP contribution in [-0.4, -0.2) is 25.3 Å². The predicted octanol–water partition coefficient (Wildman–Crippen LogP) is 4.99. The number of benzene rings is 2. The first-order valence-corrected chi connectivity index (χ1v) is 8.96. The number of para-hydroxylation sites is 1. The monoisotopic (exact) mass is 336 g/mol. The minimum Gasteiger partial charge on any atom is -0.492 e. The summed E-state index contributed by atoms with van der Waals surface area (Å²) in [5.74, 6) is 0.765. The molecule has 4 heteroatoms. The molecule has 2 aliphatic carbocycles. The molecule has 0 aliphatic heterocycles. The Morgan fingerprint density at radius 1 is 1.08 bits per heavy atom. The zero-order valence-electron chi connectivity index (χ0n) is 14.9. The van der Waals surface area contributed by atoms with Crippen molar-refractivity contribution in [3.8, 4) is 5.75 Å². The highest BCUT2D eigenvalue weighted by Gasteiger charge is 2.34. The zero-order valence-corrected chi connectivity index (χ0v) is 14.9. The smallest absolute Gasteiger partial charge is 0.202 e. The first-order valence-electron chi connectivity index (χ1n) is 8.96. The van der Waals surface area contributed by atoms with Gasteiger partial charge in [-0.2, -0.15) is 0 Å². The van der Waals surface area contributed by atoms with Crippen LogP contribution >= 0.6 is 0 Å².